The zero-order chi connectivity index (χ0) is 66.2. The first-order valence-corrected chi connectivity index (χ1v) is 34.9. The SMILES string of the molecule is CCCCCCC(C)(C)COCC(CN)OC(=O)NCCCCCCn1c(=O)n(CCCCCCNC(=O)OC(COC(=O)C(C)(C)CCCCCC)CN2CC2)c(=O)n(CCCCCCNC(=O)OC(COC(=O)C(C)(C)CCCCCC)CN2CC2)c1=O. The van der Waals surface area contributed by atoms with Crippen molar-refractivity contribution in [1.82, 2.24) is 39.5 Å². The Morgan fingerprint density at radius 3 is 1.09 bits per heavy atom. The summed E-state index contributed by atoms with van der Waals surface area (Å²) in [6, 6.07) is 0. The maximum Gasteiger partial charge on any atom is 0.407 e. The second-order valence-corrected chi connectivity index (χ2v) is 27.3. The van der Waals surface area contributed by atoms with Gasteiger partial charge in [-0.25, -0.2) is 42.5 Å². The standard InChI is InChI=1S/C67H123N9O14/c1-10-13-16-25-34-65(4,5)53-85-50-54(47-68)88-59(79)69-37-28-19-22-31-40-74-62(82)75(41-32-23-20-29-38-70-60(80)89-55(48-72-43-44-72)51-86-57(77)66(6,7)35-26-17-14-11-2)64(84)76(63(74)83)42-33-24-21-30-39-71-61(81)90-56(49-73-45-46-73)52-87-58(78)67(8,9)36-27-18-15-12-3/h54-56H,10-53,68H2,1-9H3,(H,69,79)(H,70,80)(H,71,81). The molecular formula is C67H123N9O14. The van der Waals surface area contributed by atoms with Crippen molar-refractivity contribution < 1.29 is 52.4 Å². The summed E-state index contributed by atoms with van der Waals surface area (Å²) in [6.07, 6.45) is 19.7. The van der Waals surface area contributed by atoms with Crippen molar-refractivity contribution in [2.45, 2.75) is 274 Å². The van der Waals surface area contributed by atoms with Crippen molar-refractivity contribution in [3.8, 4) is 0 Å². The van der Waals surface area contributed by atoms with Crippen molar-refractivity contribution >= 4 is 30.2 Å². The van der Waals surface area contributed by atoms with E-state index in [0.29, 0.717) is 116 Å². The van der Waals surface area contributed by atoms with Crippen molar-refractivity contribution in [3.05, 3.63) is 31.5 Å². The lowest BCUT2D eigenvalue weighted by Gasteiger charge is -2.25. The molecular weight excluding hydrogens is 1150 g/mol. The Balaban J connectivity index is 1.52. The number of rotatable bonds is 54. The molecule has 3 atom stereocenters. The molecule has 0 bridgehead atoms. The highest BCUT2D eigenvalue weighted by atomic mass is 16.6. The van der Waals surface area contributed by atoms with Crippen LogP contribution in [-0.4, -0.2) is 164 Å². The molecule has 1 aromatic heterocycles. The highest BCUT2D eigenvalue weighted by Gasteiger charge is 2.34. The molecule has 0 radical (unpaired) electrons. The zero-order valence-corrected chi connectivity index (χ0v) is 57.4. The van der Waals surface area contributed by atoms with Gasteiger partial charge in [0.15, 0.2) is 12.2 Å². The number of unbranched alkanes of at least 4 members (excludes halogenated alkanes) is 18. The van der Waals surface area contributed by atoms with Gasteiger partial charge in [0.05, 0.1) is 24.0 Å². The third-order valence-electron chi connectivity index (χ3n) is 16.9. The fourth-order valence-corrected chi connectivity index (χ4v) is 10.6. The minimum absolute atomic E-state index is 0.0155. The highest BCUT2D eigenvalue weighted by Crippen LogP contribution is 2.28. The van der Waals surface area contributed by atoms with Gasteiger partial charge in [-0.2, -0.15) is 0 Å². The van der Waals surface area contributed by atoms with Gasteiger partial charge in [0.1, 0.15) is 19.3 Å². The van der Waals surface area contributed by atoms with Crippen LogP contribution in [0.1, 0.15) is 236 Å². The van der Waals surface area contributed by atoms with E-state index >= 15 is 0 Å². The number of ether oxygens (including phenoxy) is 6. The number of hydrogen-bond acceptors (Lipinski definition) is 17. The van der Waals surface area contributed by atoms with Crippen molar-refractivity contribution in [3.63, 3.8) is 0 Å². The average molecular weight is 1280 g/mol. The van der Waals surface area contributed by atoms with E-state index in [1.54, 1.807) is 0 Å². The van der Waals surface area contributed by atoms with E-state index in [0.717, 1.165) is 117 Å². The lowest BCUT2D eigenvalue weighted by atomic mass is 9.87. The number of nitrogens with zero attached hydrogens (tertiary/aromatic N) is 5. The Labute approximate surface area is 539 Å². The summed E-state index contributed by atoms with van der Waals surface area (Å²) in [7, 11) is 0. The van der Waals surface area contributed by atoms with Gasteiger partial charge in [-0.1, -0.05) is 150 Å². The molecule has 2 saturated heterocycles. The van der Waals surface area contributed by atoms with Crippen LogP contribution in [0, 0.1) is 16.2 Å². The van der Waals surface area contributed by atoms with Crippen LogP contribution in [0.3, 0.4) is 0 Å². The van der Waals surface area contributed by atoms with E-state index in [4.69, 9.17) is 34.2 Å². The minimum Gasteiger partial charge on any atom is -0.461 e. The molecule has 0 saturated carbocycles. The molecule has 5 N–H and O–H groups in total. The van der Waals surface area contributed by atoms with E-state index in [1.807, 2.05) is 27.7 Å². The number of esters is 2. The molecule has 3 unspecified atom stereocenters. The molecule has 0 aromatic carbocycles. The molecule has 23 nitrogen and oxygen atoms in total. The normalized spacial score (nSPS) is 14.6. The summed E-state index contributed by atoms with van der Waals surface area (Å²) >= 11 is 0. The van der Waals surface area contributed by atoms with Crippen molar-refractivity contribution in [2.75, 3.05) is 91.9 Å². The first-order valence-electron chi connectivity index (χ1n) is 34.9. The van der Waals surface area contributed by atoms with E-state index in [-0.39, 0.29) is 63.4 Å². The van der Waals surface area contributed by atoms with E-state index in [1.165, 1.54) is 19.3 Å². The van der Waals surface area contributed by atoms with Gasteiger partial charge in [0.25, 0.3) is 0 Å². The Hall–Kier alpha value is -5.00. The highest BCUT2D eigenvalue weighted by molar-refractivity contribution is 5.76. The van der Waals surface area contributed by atoms with Gasteiger partial charge in [0.2, 0.25) is 0 Å². The summed E-state index contributed by atoms with van der Waals surface area (Å²) in [6.45, 7) is 25.2. The number of carbonyl (C=O) groups excluding carboxylic acids is 5. The third-order valence-corrected chi connectivity index (χ3v) is 16.9. The molecule has 90 heavy (non-hydrogen) atoms. The predicted octanol–water partition coefficient (Wildman–Crippen LogP) is 9.82. The molecule has 1 aromatic rings. The third kappa shape index (κ3) is 34.6. The Bertz CT molecular complexity index is 2260. The number of aromatic nitrogens is 3. The summed E-state index contributed by atoms with van der Waals surface area (Å²) in [5.41, 5.74) is 2.69. The Morgan fingerprint density at radius 1 is 0.433 bits per heavy atom. The smallest absolute Gasteiger partial charge is 0.407 e. The number of alkyl carbamates (subject to hydrolysis) is 3. The number of carbonyl (C=O) groups is 5. The maximum absolute atomic E-state index is 14.0. The molecule has 3 heterocycles. The topological polar surface area (TPSA) is 275 Å². The minimum atomic E-state index is -0.658. The lowest BCUT2D eigenvalue weighted by molar-refractivity contribution is -0.158. The van der Waals surface area contributed by atoms with Crippen LogP contribution in [0.25, 0.3) is 0 Å². The quantitative estimate of drug-likeness (QED) is 0.0204. The van der Waals surface area contributed by atoms with Gasteiger partial charge in [0, 0.05) is 85.1 Å². The van der Waals surface area contributed by atoms with Gasteiger partial charge in [-0.05, 0) is 90.9 Å². The van der Waals surface area contributed by atoms with Crippen LogP contribution in [0.4, 0.5) is 14.4 Å². The fourth-order valence-electron chi connectivity index (χ4n) is 10.6. The Kier molecular flexibility index (Phi) is 39.2. The first-order chi connectivity index (χ1) is 43.1. The van der Waals surface area contributed by atoms with Crippen LogP contribution in [-0.2, 0) is 57.6 Å². The van der Waals surface area contributed by atoms with Gasteiger partial charge < -0.3 is 50.1 Å². The summed E-state index contributed by atoms with van der Waals surface area (Å²) in [5.74, 6) is -0.593. The maximum atomic E-state index is 14.0. The summed E-state index contributed by atoms with van der Waals surface area (Å²) in [4.78, 5) is 110. The number of amides is 3. The molecule has 2 aliphatic rings. The van der Waals surface area contributed by atoms with Crippen molar-refractivity contribution in [2.24, 2.45) is 22.0 Å². The van der Waals surface area contributed by atoms with Crippen LogP contribution >= 0.6 is 0 Å². The van der Waals surface area contributed by atoms with Crippen LogP contribution in [0.15, 0.2) is 14.4 Å². The molecule has 23 heteroatoms. The lowest BCUT2D eigenvalue weighted by Crippen LogP contribution is -2.54. The van der Waals surface area contributed by atoms with Crippen molar-refractivity contribution in [1.29, 1.82) is 0 Å². The second-order valence-electron chi connectivity index (χ2n) is 27.3. The predicted molar refractivity (Wildman–Crippen MR) is 352 cm³/mol. The van der Waals surface area contributed by atoms with Gasteiger partial charge in [-0.3, -0.25) is 19.4 Å². The second kappa shape index (κ2) is 44.5. The van der Waals surface area contributed by atoms with Gasteiger partial charge >= 0.3 is 47.3 Å². The summed E-state index contributed by atoms with van der Waals surface area (Å²) < 4.78 is 37.7. The first kappa shape index (κ1) is 79.2. The van der Waals surface area contributed by atoms with E-state index < -0.39 is 64.5 Å². The molecule has 0 spiro atoms. The number of nitrogens with two attached hydrogens (primary N) is 1. The average Bonchev–Trinajstić information content (AvgIpc) is 1.68. The van der Waals surface area contributed by atoms with Crippen LogP contribution in [0.5, 0.6) is 0 Å². The van der Waals surface area contributed by atoms with Gasteiger partial charge in [-0.15, -0.1) is 0 Å². The van der Waals surface area contributed by atoms with E-state index in [2.05, 4.69) is 60.4 Å². The van der Waals surface area contributed by atoms with Crippen LogP contribution < -0.4 is 38.8 Å². The fraction of sp³-hybridized carbons (Fsp3) is 0.881. The number of nitrogens with one attached hydrogen (secondary N) is 3. The van der Waals surface area contributed by atoms with Crippen LogP contribution in [0.2, 0.25) is 0 Å². The molecule has 2 aliphatic heterocycles. The monoisotopic (exact) mass is 1280 g/mol. The molecule has 520 valence electrons. The van der Waals surface area contributed by atoms with E-state index in [9.17, 15) is 38.4 Å². The largest absolute Gasteiger partial charge is 0.461 e. The molecule has 3 rings (SSSR count). The summed E-state index contributed by atoms with van der Waals surface area (Å²) in [5, 5.41) is 8.41. The molecule has 3 amide bonds. The molecule has 2 fully saturated rings. The molecule has 0 aliphatic carbocycles. The number of hydrogen-bond donors (Lipinski definition) is 4. The Morgan fingerprint density at radius 2 is 0.756 bits per heavy atom. The zero-order valence-electron chi connectivity index (χ0n) is 57.4.